The second-order valence-corrected chi connectivity index (χ2v) is 4.37. The second-order valence-electron chi connectivity index (χ2n) is 4.37. The highest BCUT2D eigenvalue weighted by atomic mass is 19.1. The normalized spacial score (nSPS) is 12.5. The molecule has 1 atom stereocenters. The summed E-state index contributed by atoms with van der Waals surface area (Å²) in [5, 5.41) is 12.1. The van der Waals surface area contributed by atoms with Crippen LogP contribution in [0.4, 0.5) is 10.1 Å². The van der Waals surface area contributed by atoms with Crippen molar-refractivity contribution in [2.24, 2.45) is 5.92 Å². The van der Waals surface area contributed by atoms with E-state index in [1.165, 1.54) is 6.07 Å². The van der Waals surface area contributed by atoms with Crippen LogP contribution in [-0.2, 0) is 0 Å². The highest BCUT2D eigenvalue weighted by Gasteiger charge is 2.18. The second kappa shape index (κ2) is 5.66. The molecule has 0 radical (unpaired) electrons. The monoisotopic (exact) mass is 239 g/mol. The Balaban J connectivity index is 3.05. The van der Waals surface area contributed by atoms with Crippen molar-refractivity contribution in [2.75, 3.05) is 5.32 Å². The molecule has 0 aliphatic rings. The number of carbonyl (C=O) groups is 1. The fourth-order valence-corrected chi connectivity index (χ4v) is 1.80. The third-order valence-corrected chi connectivity index (χ3v) is 2.81. The van der Waals surface area contributed by atoms with E-state index in [1.807, 2.05) is 20.8 Å². The zero-order chi connectivity index (χ0) is 13.0. The van der Waals surface area contributed by atoms with Gasteiger partial charge in [-0.1, -0.05) is 26.8 Å². The number of aromatic carboxylic acids is 1. The van der Waals surface area contributed by atoms with Gasteiger partial charge in [0.25, 0.3) is 0 Å². The highest BCUT2D eigenvalue weighted by Crippen LogP contribution is 2.22. The van der Waals surface area contributed by atoms with E-state index < -0.39 is 11.8 Å². The van der Waals surface area contributed by atoms with Crippen LogP contribution in [0.1, 0.15) is 37.6 Å². The molecule has 0 aliphatic carbocycles. The molecule has 4 heteroatoms. The zero-order valence-electron chi connectivity index (χ0n) is 10.3. The summed E-state index contributed by atoms with van der Waals surface area (Å²) in [4.78, 5) is 11.0. The predicted octanol–water partition coefficient (Wildman–Crippen LogP) is 3.37. The molecule has 0 fully saturated rings. The lowest BCUT2D eigenvalue weighted by molar-refractivity contribution is 0.0693. The van der Waals surface area contributed by atoms with Crippen molar-refractivity contribution in [1.29, 1.82) is 0 Å². The summed E-state index contributed by atoms with van der Waals surface area (Å²) < 4.78 is 13.4. The van der Waals surface area contributed by atoms with Crippen LogP contribution >= 0.6 is 0 Å². The topological polar surface area (TPSA) is 49.3 Å². The molecule has 1 aromatic carbocycles. The average Bonchev–Trinajstić information content (AvgIpc) is 2.24. The van der Waals surface area contributed by atoms with Gasteiger partial charge in [-0.25, -0.2) is 9.18 Å². The van der Waals surface area contributed by atoms with Gasteiger partial charge in [-0.15, -0.1) is 0 Å². The molecule has 2 N–H and O–H groups in total. The van der Waals surface area contributed by atoms with Crippen molar-refractivity contribution < 1.29 is 14.3 Å². The van der Waals surface area contributed by atoms with E-state index in [1.54, 1.807) is 6.07 Å². The third kappa shape index (κ3) is 3.19. The molecule has 0 heterocycles. The Hall–Kier alpha value is -1.58. The van der Waals surface area contributed by atoms with Gasteiger partial charge in [-0.05, 0) is 24.5 Å². The first kappa shape index (κ1) is 13.5. The number of hydrogen-bond acceptors (Lipinski definition) is 2. The first-order chi connectivity index (χ1) is 7.97. The van der Waals surface area contributed by atoms with E-state index in [9.17, 15) is 9.18 Å². The van der Waals surface area contributed by atoms with Gasteiger partial charge in [0.1, 0.15) is 11.4 Å². The van der Waals surface area contributed by atoms with Gasteiger partial charge in [0.15, 0.2) is 0 Å². The molecule has 17 heavy (non-hydrogen) atoms. The summed E-state index contributed by atoms with van der Waals surface area (Å²) in [6.07, 6.45) is 0.854. The molecule has 0 saturated heterocycles. The molecule has 94 valence electrons. The lowest BCUT2D eigenvalue weighted by atomic mass is 10.0. The number of benzene rings is 1. The Bertz CT molecular complexity index is 404. The molecule has 0 bridgehead atoms. The number of carboxylic acid groups (broad SMARTS) is 1. The van der Waals surface area contributed by atoms with Crippen LogP contribution < -0.4 is 5.32 Å². The molecule has 1 rings (SSSR count). The molecule has 3 nitrogen and oxygen atoms in total. The van der Waals surface area contributed by atoms with E-state index in [-0.39, 0.29) is 11.6 Å². The Morgan fingerprint density at radius 1 is 1.47 bits per heavy atom. The van der Waals surface area contributed by atoms with Gasteiger partial charge in [-0.3, -0.25) is 0 Å². The molecule has 0 amide bonds. The SMILES string of the molecule is CCC(Nc1cccc(F)c1C(=O)O)C(C)C. The quantitative estimate of drug-likeness (QED) is 0.828. The van der Waals surface area contributed by atoms with Crippen LogP contribution in [0.2, 0.25) is 0 Å². The molecule has 0 spiro atoms. The minimum absolute atomic E-state index is 0.134. The van der Waals surface area contributed by atoms with Gasteiger partial charge >= 0.3 is 5.97 Å². The molecule has 1 unspecified atom stereocenters. The van der Waals surface area contributed by atoms with Crippen LogP contribution in [0.15, 0.2) is 18.2 Å². The number of carboxylic acids is 1. The zero-order valence-corrected chi connectivity index (χ0v) is 10.3. The lowest BCUT2D eigenvalue weighted by Crippen LogP contribution is -2.26. The minimum Gasteiger partial charge on any atom is -0.478 e. The van der Waals surface area contributed by atoms with Crippen LogP contribution in [0.25, 0.3) is 0 Å². The van der Waals surface area contributed by atoms with Crippen LogP contribution in [0.3, 0.4) is 0 Å². The van der Waals surface area contributed by atoms with Gasteiger partial charge in [-0.2, -0.15) is 0 Å². The van der Waals surface area contributed by atoms with E-state index >= 15 is 0 Å². The fourth-order valence-electron chi connectivity index (χ4n) is 1.80. The van der Waals surface area contributed by atoms with Gasteiger partial charge in [0.2, 0.25) is 0 Å². The Morgan fingerprint density at radius 3 is 2.59 bits per heavy atom. The summed E-state index contributed by atoms with van der Waals surface area (Å²) in [6, 6.07) is 4.40. The smallest absolute Gasteiger partial charge is 0.340 e. The van der Waals surface area contributed by atoms with Crippen molar-refractivity contribution in [1.82, 2.24) is 0 Å². The summed E-state index contributed by atoms with van der Waals surface area (Å²) in [5.41, 5.74) is 0.0599. The Morgan fingerprint density at radius 2 is 2.12 bits per heavy atom. The molecule has 0 aromatic heterocycles. The van der Waals surface area contributed by atoms with Crippen LogP contribution in [-0.4, -0.2) is 17.1 Å². The summed E-state index contributed by atoms with van der Waals surface area (Å²) in [5.74, 6) is -1.60. The number of anilines is 1. The first-order valence-electron chi connectivity index (χ1n) is 5.75. The minimum atomic E-state index is -1.25. The lowest BCUT2D eigenvalue weighted by Gasteiger charge is -2.23. The number of hydrogen-bond donors (Lipinski definition) is 2. The molecule has 1 aromatic rings. The molecular formula is C13H18FNO2. The van der Waals surface area contributed by atoms with Crippen LogP contribution in [0.5, 0.6) is 0 Å². The largest absolute Gasteiger partial charge is 0.478 e. The number of halogens is 1. The van der Waals surface area contributed by atoms with Crippen molar-refractivity contribution in [3.05, 3.63) is 29.6 Å². The van der Waals surface area contributed by atoms with E-state index in [2.05, 4.69) is 5.32 Å². The third-order valence-electron chi connectivity index (χ3n) is 2.81. The van der Waals surface area contributed by atoms with Crippen molar-refractivity contribution in [2.45, 2.75) is 33.2 Å². The van der Waals surface area contributed by atoms with Gasteiger partial charge in [0.05, 0.1) is 5.69 Å². The van der Waals surface area contributed by atoms with Crippen molar-refractivity contribution >= 4 is 11.7 Å². The highest BCUT2D eigenvalue weighted by molar-refractivity contribution is 5.94. The van der Waals surface area contributed by atoms with Gasteiger partial charge < -0.3 is 10.4 Å². The standard InChI is InChI=1S/C13H18FNO2/c1-4-10(8(2)3)15-11-7-5-6-9(14)12(11)13(16)17/h5-8,10,15H,4H2,1-3H3,(H,16,17). The summed E-state index contributed by atoms with van der Waals surface area (Å²) in [7, 11) is 0. The fraction of sp³-hybridized carbons (Fsp3) is 0.462. The van der Waals surface area contributed by atoms with Crippen molar-refractivity contribution in [3.63, 3.8) is 0 Å². The number of nitrogens with one attached hydrogen (secondary N) is 1. The van der Waals surface area contributed by atoms with E-state index in [0.29, 0.717) is 11.6 Å². The van der Waals surface area contributed by atoms with E-state index in [0.717, 1.165) is 12.5 Å². The maximum Gasteiger partial charge on any atom is 0.340 e. The Labute approximate surface area is 101 Å². The first-order valence-corrected chi connectivity index (χ1v) is 5.75. The van der Waals surface area contributed by atoms with Crippen LogP contribution in [0, 0.1) is 11.7 Å². The summed E-state index contributed by atoms with van der Waals surface area (Å²) in [6.45, 7) is 6.10. The van der Waals surface area contributed by atoms with Crippen molar-refractivity contribution in [3.8, 4) is 0 Å². The maximum atomic E-state index is 13.4. The average molecular weight is 239 g/mol. The molecule has 0 aliphatic heterocycles. The predicted molar refractivity (Wildman–Crippen MR) is 65.9 cm³/mol. The number of rotatable bonds is 5. The summed E-state index contributed by atoms with van der Waals surface area (Å²) >= 11 is 0. The van der Waals surface area contributed by atoms with E-state index in [4.69, 9.17) is 5.11 Å². The Kier molecular flexibility index (Phi) is 4.49. The maximum absolute atomic E-state index is 13.4. The van der Waals surface area contributed by atoms with Gasteiger partial charge in [0, 0.05) is 6.04 Å². The molecular weight excluding hydrogens is 221 g/mol. The molecule has 0 saturated carbocycles.